The molecule has 4 heteroatoms. The van der Waals surface area contributed by atoms with Gasteiger partial charge in [-0.05, 0) is 90.6 Å². The van der Waals surface area contributed by atoms with Crippen LogP contribution >= 0.6 is 0 Å². The highest BCUT2D eigenvalue weighted by molar-refractivity contribution is 5.92. The largest absolute Gasteiger partial charge is 0.508 e. The molecule has 1 atom stereocenters. The van der Waals surface area contributed by atoms with Gasteiger partial charge in [0, 0.05) is 12.6 Å². The predicted octanol–water partition coefficient (Wildman–Crippen LogP) is 4.22. The standard InChI is InChI=1S/C26H33NO3/c1-5-18-11-20-13-22(14-21(20)12-19(18)6-2)27-15-26(30)24-9-10-25(29)17(4)23(24)8-7-16(3)28/h7-12,22,26-27,29-30H,5-6,13-15H2,1-4H3/b8-7-. The Hall–Kier alpha value is -2.43. The van der Waals surface area contributed by atoms with Gasteiger partial charge in [0.1, 0.15) is 5.75 Å². The summed E-state index contributed by atoms with van der Waals surface area (Å²) >= 11 is 0. The average Bonchev–Trinajstić information content (AvgIpc) is 3.13. The lowest BCUT2D eigenvalue weighted by atomic mass is 9.96. The Labute approximate surface area is 179 Å². The van der Waals surface area contributed by atoms with E-state index in [0.717, 1.165) is 25.7 Å². The van der Waals surface area contributed by atoms with Gasteiger partial charge >= 0.3 is 0 Å². The average molecular weight is 408 g/mol. The van der Waals surface area contributed by atoms with E-state index in [1.165, 1.54) is 35.3 Å². The first kappa shape index (κ1) is 22.3. The van der Waals surface area contributed by atoms with Crippen LogP contribution in [0.1, 0.15) is 65.8 Å². The van der Waals surface area contributed by atoms with Gasteiger partial charge in [-0.15, -0.1) is 0 Å². The number of aliphatic hydroxyl groups excluding tert-OH is 1. The van der Waals surface area contributed by atoms with Crippen molar-refractivity contribution in [3.05, 3.63) is 69.3 Å². The fourth-order valence-corrected chi connectivity index (χ4v) is 4.42. The normalized spacial score (nSPS) is 15.0. The van der Waals surface area contributed by atoms with E-state index >= 15 is 0 Å². The SMILES string of the molecule is CCc1cc2c(cc1CC)CC(NCC(O)c1ccc(O)c(C)c1/C=C\C(C)=O)C2. The van der Waals surface area contributed by atoms with Crippen molar-refractivity contribution in [2.45, 2.75) is 65.5 Å². The molecule has 0 saturated carbocycles. The zero-order valence-corrected chi connectivity index (χ0v) is 18.5. The van der Waals surface area contributed by atoms with Crippen molar-refractivity contribution >= 4 is 11.9 Å². The summed E-state index contributed by atoms with van der Waals surface area (Å²) in [6.07, 6.45) is 6.50. The summed E-state index contributed by atoms with van der Waals surface area (Å²) in [5.74, 6) is 0.0877. The third-order valence-corrected chi connectivity index (χ3v) is 6.18. The van der Waals surface area contributed by atoms with Crippen molar-refractivity contribution in [2.75, 3.05) is 6.54 Å². The van der Waals surface area contributed by atoms with Crippen LogP contribution in [-0.4, -0.2) is 28.6 Å². The fourth-order valence-electron chi connectivity index (χ4n) is 4.42. The zero-order chi connectivity index (χ0) is 21.8. The van der Waals surface area contributed by atoms with Crippen molar-refractivity contribution < 1.29 is 15.0 Å². The van der Waals surface area contributed by atoms with Crippen LogP contribution < -0.4 is 5.32 Å². The molecule has 30 heavy (non-hydrogen) atoms. The van der Waals surface area contributed by atoms with E-state index < -0.39 is 6.10 Å². The highest BCUT2D eigenvalue weighted by Crippen LogP contribution is 2.30. The summed E-state index contributed by atoms with van der Waals surface area (Å²) in [7, 11) is 0. The predicted molar refractivity (Wildman–Crippen MR) is 122 cm³/mol. The molecule has 0 amide bonds. The van der Waals surface area contributed by atoms with Gasteiger partial charge in [-0.25, -0.2) is 0 Å². The molecule has 0 bridgehead atoms. The lowest BCUT2D eigenvalue weighted by Gasteiger charge is -2.19. The Morgan fingerprint density at radius 3 is 2.30 bits per heavy atom. The molecule has 0 aromatic heterocycles. The number of carbonyl (C=O) groups excluding carboxylic acids is 1. The number of aromatic hydroxyl groups is 1. The van der Waals surface area contributed by atoms with E-state index in [4.69, 9.17) is 0 Å². The Kier molecular flexibility index (Phi) is 7.11. The van der Waals surface area contributed by atoms with Gasteiger partial charge in [0.05, 0.1) is 6.10 Å². The lowest BCUT2D eigenvalue weighted by molar-refractivity contribution is -0.112. The van der Waals surface area contributed by atoms with Crippen LogP contribution in [-0.2, 0) is 30.5 Å². The van der Waals surface area contributed by atoms with Crippen LogP contribution in [0.4, 0.5) is 0 Å². The Balaban J connectivity index is 1.71. The number of benzene rings is 2. The maximum atomic E-state index is 11.4. The second-order valence-corrected chi connectivity index (χ2v) is 8.28. The van der Waals surface area contributed by atoms with Gasteiger partial charge in [0.2, 0.25) is 0 Å². The maximum Gasteiger partial charge on any atom is 0.152 e. The molecule has 0 fully saturated rings. The number of aryl methyl sites for hydroxylation is 2. The first-order chi connectivity index (χ1) is 14.3. The second-order valence-electron chi connectivity index (χ2n) is 8.28. The van der Waals surface area contributed by atoms with E-state index in [1.54, 1.807) is 25.1 Å². The molecule has 0 aliphatic heterocycles. The minimum Gasteiger partial charge on any atom is -0.508 e. The van der Waals surface area contributed by atoms with E-state index in [2.05, 4.69) is 31.3 Å². The lowest BCUT2D eigenvalue weighted by Crippen LogP contribution is -2.33. The smallest absolute Gasteiger partial charge is 0.152 e. The molecule has 0 spiro atoms. The van der Waals surface area contributed by atoms with Crippen molar-refractivity contribution in [3.8, 4) is 5.75 Å². The number of fused-ring (bicyclic) bond motifs is 1. The molecular weight excluding hydrogens is 374 g/mol. The van der Waals surface area contributed by atoms with Crippen LogP contribution in [0, 0.1) is 6.92 Å². The molecule has 1 unspecified atom stereocenters. The Morgan fingerprint density at radius 1 is 1.17 bits per heavy atom. The second kappa shape index (κ2) is 9.59. The van der Waals surface area contributed by atoms with Crippen molar-refractivity contribution in [2.24, 2.45) is 0 Å². The summed E-state index contributed by atoms with van der Waals surface area (Å²) in [4.78, 5) is 11.4. The first-order valence-electron chi connectivity index (χ1n) is 10.9. The van der Waals surface area contributed by atoms with E-state index in [1.807, 2.05) is 0 Å². The Morgan fingerprint density at radius 2 is 1.77 bits per heavy atom. The van der Waals surface area contributed by atoms with Gasteiger partial charge in [0.25, 0.3) is 0 Å². The molecule has 3 N–H and O–H groups in total. The molecule has 0 saturated heterocycles. The summed E-state index contributed by atoms with van der Waals surface area (Å²) < 4.78 is 0. The van der Waals surface area contributed by atoms with Gasteiger partial charge in [0.15, 0.2) is 5.78 Å². The van der Waals surface area contributed by atoms with Gasteiger partial charge in [-0.3, -0.25) is 4.79 Å². The number of carbonyl (C=O) groups is 1. The minimum absolute atomic E-state index is 0.0714. The molecular formula is C26H33NO3. The van der Waals surface area contributed by atoms with Crippen LogP contribution in [0.25, 0.3) is 6.08 Å². The summed E-state index contributed by atoms with van der Waals surface area (Å²) in [5, 5.41) is 24.4. The number of hydrogen-bond acceptors (Lipinski definition) is 4. The first-order valence-corrected chi connectivity index (χ1v) is 10.9. The van der Waals surface area contributed by atoms with E-state index in [9.17, 15) is 15.0 Å². The number of ketones is 1. The molecule has 1 aliphatic carbocycles. The fraction of sp³-hybridized carbons (Fsp3) is 0.423. The maximum absolute atomic E-state index is 11.4. The highest BCUT2D eigenvalue weighted by atomic mass is 16.3. The van der Waals surface area contributed by atoms with Gasteiger partial charge in [-0.2, -0.15) is 0 Å². The van der Waals surface area contributed by atoms with E-state index in [-0.39, 0.29) is 11.5 Å². The molecule has 0 heterocycles. The summed E-state index contributed by atoms with van der Waals surface area (Å²) in [6, 6.07) is 8.36. The highest BCUT2D eigenvalue weighted by Gasteiger charge is 2.24. The third kappa shape index (κ3) is 4.82. The number of hydrogen-bond donors (Lipinski definition) is 3. The van der Waals surface area contributed by atoms with Crippen LogP contribution in [0.15, 0.2) is 30.3 Å². The monoisotopic (exact) mass is 407 g/mol. The molecule has 160 valence electrons. The van der Waals surface area contributed by atoms with Gasteiger partial charge in [-0.1, -0.05) is 38.1 Å². The number of rotatable bonds is 8. The number of allylic oxidation sites excluding steroid dienone is 1. The van der Waals surface area contributed by atoms with Crippen molar-refractivity contribution in [1.29, 1.82) is 0 Å². The number of aliphatic hydroxyl groups is 1. The number of phenolic OH excluding ortho intramolecular Hbond substituents is 1. The quantitative estimate of drug-likeness (QED) is 0.573. The molecule has 2 aromatic carbocycles. The number of phenols is 1. The molecule has 4 nitrogen and oxygen atoms in total. The van der Waals surface area contributed by atoms with Crippen molar-refractivity contribution in [1.82, 2.24) is 5.32 Å². The van der Waals surface area contributed by atoms with E-state index in [0.29, 0.717) is 29.3 Å². The molecule has 3 rings (SSSR count). The Bertz CT molecular complexity index is 928. The summed E-state index contributed by atoms with van der Waals surface area (Å²) in [5.41, 5.74) is 7.80. The van der Waals surface area contributed by atoms with Crippen molar-refractivity contribution in [3.63, 3.8) is 0 Å². The van der Waals surface area contributed by atoms with Gasteiger partial charge < -0.3 is 15.5 Å². The van der Waals surface area contributed by atoms with Crippen LogP contribution in [0.3, 0.4) is 0 Å². The van der Waals surface area contributed by atoms with Crippen LogP contribution in [0.2, 0.25) is 0 Å². The topological polar surface area (TPSA) is 69.6 Å². The molecule has 2 aromatic rings. The molecule has 1 aliphatic rings. The minimum atomic E-state index is -0.725. The number of nitrogens with one attached hydrogen (secondary N) is 1. The zero-order valence-electron chi connectivity index (χ0n) is 18.5. The summed E-state index contributed by atoms with van der Waals surface area (Å²) in [6.45, 7) is 8.12. The van der Waals surface area contributed by atoms with Crippen LogP contribution in [0.5, 0.6) is 5.75 Å². The third-order valence-electron chi connectivity index (χ3n) is 6.18. The molecule has 0 radical (unpaired) electrons.